The number of likely N-dealkylation sites (tertiary alicyclic amines) is 1. The number of para-hydroxylation sites is 1. The smallest absolute Gasteiger partial charge is 0.296 e. The normalized spacial score (nSPS) is 17.6. The summed E-state index contributed by atoms with van der Waals surface area (Å²) in [5, 5.41) is 12.6. The van der Waals surface area contributed by atoms with Crippen molar-refractivity contribution in [3.63, 3.8) is 0 Å². The summed E-state index contributed by atoms with van der Waals surface area (Å²) in [5.74, 6) is -1.26. The van der Waals surface area contributed by atoms with Gasteiger partial charge in [0, 0.05) is 5.69 Å². The van der Waals surface area contributed by atoms with Crippen molar-refractivity contribution in [2.75, 3.05) is 11.9 Å². The molecular weight excluding hydrogens is 374 g/mol. The van der Waals surface area contributed by atoms with E-state index in [1.807, 2.05) is 97.1 Å². The van der Waals surface area contributed by atoms with Crippen molar-refractivity contribution in [3.8, 4) is 6.07 Å². The number of carbonyl (C=O) groups excluding carboxylic acids is 2. The molecule has 1 amide bonds. The van der Waals surface area contributed by atoms with Gasteiger partial charge in [0.05, 0.1) is 23.4 Å². The Kier molecular flexibility index (Phi) is 5.40. The molecule has 1 atom stereocenters. The van der Waals surface area contributed by atoms with Crippen LogP contribution in [0.15, 0.2) is 96.6 Å². The second kappa shape index (κ2) is 8.46. The fourth-order valence-corrected chi connectivity index (χ4v) is 3.68. The molecule has 5 heteroatoms. The van der Waals surface area contributed by atoms with Gasteiger partial charge in [0.1, 0.15) is 6.54 Å². The highest BCUT2D eigenvalue weighted by molar-refractivity contribution is 6.47. The molecule has 0 saturated carbocycles. The number of anilines is 1. The van der Waals surface area contributed by atoms with Gasteiger partial charge in [-0.25, -0.2) is 0 Å². The number of Topliss-reactive ketones (excluding diaryl/α,β-unsaturated/α-hetero) is 1. The van der Waals surface area contributed by atoms with Crippen molar-refractivity contribution in [2.45, 2.75) is 6.04 Å². The molecule has 0 bridgehead atoms. The molecule has 1 N–H and O–H groups in total. The molecular formula is C25H19N3O2. The highest BCUT2D eigenvalue weighted by Crippen LogP contribution is 2.40. The van der Waals surface area contributed by atoms with Gasteiger partial charge >= 0.3 is 0 Å². The molecule has 0 radical (unpaired) electrons. The maximum atomic E-state index is 13.2. The van der Waals surface area contributed by atoms with Crippen LogP contribution in [0, 0.1) is 11.3 Å². The SMILES string of the molecule is N#CCN1C(=O)C(=O)C(=C(Nc2ccccc2)c2ccccc2)C1c1ccccc1. The summed E-state index contributed by atoms with van der Waals surface area (Å²) in [5.41, 5.74) is 3.28. The van der Waals surface area contributed by atoms with Gasteiger partial charge in [-0.2, -0.15) is 5.26 Å². The average Bonchev–Trinajstić information content (AvgIpc) is 3.04. The summed E-state index contributed by atoms with van der Waals surface area (Å²) >= 11 is 0. The number of hydrogen-bond acceptors (Lipinski definition) is 4. The third kappa shape index (κ3) is 3.59. The van der Waals surface area contributed by atoms with E-state index in [9.17, 15) is 14.9 Å². The first-order valence-electron chi connectivity index (χ1n) is 9.59. The Morgan fingerprint density at radius 1 is 0.867 bits per heavy atom. The molecule has 0 aliphatic carbocycles. The van der Waals surface area contributed by atoms with Crippen molar-refractivity contribution in [1.29, 1.82) is 5.26 Å². The molecule has 30 heavy (non-hydrogen) atoms. The lowest BCUT2D eigenvalue weighted by Gasteiger charge is -2.24. The summed E-state index contributed by atoms with van der Waals surface area (Å²) in [7, 11) is 0. The lowest BCUT2D eigenvalue weighted by molar-refractivity contribution is -0.139. The maximum absolute atomic E-state index is 13.2. The molecule has 0 spiro atoms. The molecule has 1 heterocycles. The Labute approximate surface area is 174 Å². The predicted molar refractivity (Wildman–Crippen MR) is 115 cm³/mol. The minimum Gasteiger partial charge on any atom is -0.355 e. The Bertz CT molecular complexity index is 1130. The summed E-state index contributed by atoms with van der Waals surface area (Å²) in [6.07, 6.45) is 0. The van der Waals surface area contributed by atoms with Gasteiger partial charge in [-0.3, -0.25) is 9.59 Å². The number of ketones is 1. The van der Waals surface area contributed by atoms with E-state index in [0.29, 0.717) is 11.3 Å². The lowest BCUT2D eigenvalue weighted by Crippen LogP contribution is -2.30. The summed E-state index contributed by atoms with van der Waals surface area (Å²) in [6.45, 7) is -0.166. The number of carbonyl (C=O) groups is 2. The third-order valence-electron chi connectivity index (χ3n) is 5.02. The van der Waals surface area contributed by atoms with Crippen molar-refractivity contribution in [3.05, 3.63) is 108 Å². The van der Waals surface area contributed by atoms with Crippen LogP contribution in [0.2, 0.25) is 0 Å². The van der Waals surface area contributed by atoms with Crippen molar-refractivity contribution in [1.82, 2.24) is 4.90 Å². The molecule has 3 aromatic rings. The summed E-state index contributed by atoms with van der Waals surface area (Å²) in [4.78, 5) is 27.4. The number of rotatable bonds is 5. The van der Waals surface area contributed by atoms with Gasteiger partial charge in [0.15, 0.2) is 0 Å². The summed E-state index contributed by atoms with van der Waals surface area (Å²) in [6, 6.07) is 29.7. The zero-order valence-electron chi connectivity index (χ0n) is 16.2. The molecule has 3 aromatic carbocycles. The van der Waals surface area contributed by atoms with E-state index < -0.39 is 17.7 Å². The zero-order valence-corrected chi connectivity index (χ0v) is 16.2. The topological polar surface area (TPSA) is 73.2 Å². The van der Waals surface area contributed by atoms with Crippen molar-refractivity contribution < 1.29 is 9.59 Å². The molecule has 1 unspecified atom stereocenters. The Hall–Kier alpha value is -4.17. The van der Waals surface area contributed by atoms with Crippen LogP contribution >= 0.6 is 0 Å². The summed E-state index contributed by atoms with van der Waals surface area (Å²) < 4.78 is 0. The molecule has 4 rings (SSSR count). The first-order valence-corrected chi connectivity index (χ1v) is 9.59. The van der Waals surface area contributed by atoms with Gasteiger partial charge in [-0.1, -0.05) is 78.9 Å². The van der Waals surface area contributed by atoms with Crippen LogP contribution in [0.3, 0.4) is 0 Å². The molecule has 1 aliphatic heterocycles. The van der Waals surface area contributed by atoms with Gasteiger partial charge in [-0.05, 0) is 23.3 Å². The van der Waals surface area contributed by atoms with E-state index >= 15 is 0 Å². The van der Waals surface area contributed by atoms with E-state index in [1.165, 1.54) is 4.90 Å². The van der Waals surface area contributed by atoms with Gasteiger partial charge in [0.2, 0.25) is 0 Å². The number of hydrogen-bond donors (Lipinski definition) is 1. The number of nitrogens with one attached hydrogen (secondary N) is 1. The largest absolute Gasteiger partial charge is 0.355 e. The minimum atomic E-state index is -0.663. The molecule has 1 fully saturated rings. The van der Waals surface area contributed by atoms with Crippen molar-refractivity contribution >= 4 is 23.1 Å². The second-order valence-electron chi connectivity index (χ2n) is 6.88. The average molecular weight is 393 g/mol. The van der Waals surface area contributed by atoms with Crippen molar-refractivity contribution in [2.24, 2.45) is 0 Å². The van der Waals surface area contributed by atoms with Crippen LogP contribution in [0.5, 0.6) is 0 Å². The van der Waals surface area contributed by atoms with Crippen LogP contribution in [-0.4, -0.2) is 23.1 Å². The van der Waals surface area contributed by atoms with Crippen LogP contribution in [0.25, 0.3) is 5.70 Å². The minimum absolute atomic E-state index is 0.166. The Balaban J connectivity index is 1.96. The van der Waals surface area contributed by atoms with E-state index in [1.54, 1.807) is 0 Å². The van der Waals surface area contributed by atoms with Crippen LogP contribution < -0.4 is 5.32 Å². The van der Waals surface area contributed by atoms with Gasteiger partial charge in [0.25, 0.3) is 11.7 Å². The fourth-order valence-electron chi connectivity index (χ4n) is 3.68. The molecule has 5 nitrogen and oxygen atoms in total. The van der Waals surface area contributed by atoms with Gasteiger partial charge in [-0.15, -0.1) is 0 Å². The number of benzene rings is 3. The van der Waals surface area contributed by atoms with Crippen LogP contribution in [-0.2, 0) is 9.59 Å². The van der Waals surface area contributed by atoms with Crippen LogP contribution in [0.1, 0.15) is 17.2 Å². The monoisotopic (exact) mass is 393 g/mol. The predicted octanol–water partition coefficient (Wildman–Crippen LogP) is 4.19. The van der Waals surface area contributed by atoms with E-state index in [4.69, 9.17) is 0 Å². The van der Waals surface area contributed by atoms with Crippen LogP contribution in [0.4, 0.5) is 5.69 Å². The highest BCUT2D eigenvalue weighted by Gasteiger charge is 2.45. The first kappa shape index (κ1) is 19.2. The zero-order chi connectivity index (χ0) is 20.9. The number of amides is 1. The molecule has 1 saturated heterocycles. The number of nitriles is 1. The third-order valence-corrected chi connectivity index (χ3v) is 5.02. The molecule has 0 aromatic heterocycles. The van der Waals surface area contributed by atoms with E-state index in [2.05, 4.69) is 5.32 Å². The highest BCUT2D eigenvalue weighted by atomic mass is 16.2. The second-order valence-corrected chi connectivity index (χ2v) is 6.88. The Morgan fingerprint density at radius 2 is 1.43 bits per heavy atom. The first-order chi connectivity index (χ1) is 14.7. The quantitative estimate of drug-likeness (QED) is 0.401. The Morgan fingerprint density at radius 3 is 2.03 bits per heavy atom. The maximum Gasteiger partial charge on any atom is 0.296 e. The molecule has 146 valence electrons. The lowest BCUT2D eigenvalue weighted by atomic mass is 9.94. The van der Waals surface area contributed by atoms with E-state index in [-0.39, 0.29) is 6.54 Å². The van der Waals surface area contributed by atoms with E-state index in [0.717, 1.165) is 16.8 Å². The standard InChI is InChI=1S/C25H19N3O2/c26-16-17-28-23(19-12-6-2-7-13-19)21(24(29)25(28)30)22(18-10-4-1-5-11-18)27-20-14-8-3-9-15-20/h1-15,23,27H,17H2. The molecule has 1 aliphatic rings. The number of nitrogens with zero attached hydrogens (tertiary/aromatic N) is 2. The van der Waals surface area contributed by atoms with Gasteiger partial charge < -0.3 is 10.2 Å². The fraction of sp³-hybridized carbons (Fsp3) is 0.0800.